The van der Waals surface area contributed by atoms with Crippen molar-refractivity contribution in [2.75, 3.05) is 7.05 Å². The summed E-state index contributed by atoms with van der Waals surface area (Å²) in [4.78, 5) is 11.9. The predicted octanol–water partition coefficient (Wildman–Crippen LogP) is 3.52. The van der Waals surface area contributed by atoms with Gasteiger partial charge in [0.15, 0.2) is 0 Å². The Morgan fingerprint density at radius 3 is 2.15 bits per heavy atom. The first-order valence-electron chi connectivity index (χ1n) is 9.25. The molecule has 0 spiro atoms. The zero-order valence-corrected chi connectivity index (χ0v) is 16.8. The van der Waals surface area contributed by atoms with Gasteiger partial charge in [-0.2, -0.15) is 4.31 Å². The van der Waals surface area contributed by atoms with Gasteiger partial charge >= 0.3 is 0 Å². The van der Waals surface area contributed by atoms with Crippen molar-refractivity contribution in [3.63, 3.8) is 0 Å². The summed E-state index contributed by atoms with van der Waals surface area (Å²) in [5.74, 6) is 0.212. The monoisotopic (exact) mass is 386 g/mol. The number of carbonyl (C=O) groups excluding carboxylic acids is 1. The van der Waals surface area contributed by atoms with Crippen LogP contribution in [0, 0.1) is 0 Å². The summed E-state index contributed by atoms with van der Waals surface area (Å²) in [6.07, 6.45) is 1.78. The molecule has 0 aliphatic heterocycles. The summed E-state index contributed by atoms with van der Waals surface area (Å²) >= 11 is 0. The van der Waals surface area contributed by atoms with Crippen LogP contribution in [0.5, 0.6) is 0 Å². The Bertz CT molecular complexity index is 899. The highest BCUT2D eigenvalue weighted by atomic mass is 32.2. The number of benzene rings is 2. The second-order valence-corrected chi connectivity index (χ2v) is 9.17. The number of carbonyl (C=O) groups is 1. The summed E-state index contributed by atoms with van der Waals surface area (Å²) < 4.78 is 27.9. The highest BCUT2D eigenvalue weighted by Crippen LogP contribution is 2.33. The summed E-state index contributed by atoms with van der Waals surface area (Å²) in [5.41, 5.74) is 2.67. The minimum atomic E-state index is -3.61. The number of hydrogen-bond acceptors (Lipinski definition) is 3. The number of rotatable bonds is 7. The molecule has 0 radical (unpaired) electrons. The van der Waals surface area contributed by atoms with Crippen LogP contribution in [-0.2, 0) is 16.6 Å². The Morgan fingerprint density at radius 2 is 1.67 bits per heavy atom. The van der Waals surface area contributed by atoms with Gasteiger partial charge < -0.3 is 5.32 Å². The van der Waals surface area contributed by atoms with E-state index in [0.717, 1.165) is 18.4 Å². The molecule has 1 aliphatic carbocycles. The van der Waals surface area contributed by atoms with Crippen molar-refractivity contribution in [1.82, 2.24) is 9.62 Å². The quantitative estimate of drug-likeness (QED) is 0.792. The molecule has 27 heavy (non-hydrogen) atoms. The number of sulfonamides is 1. The van der Waals surface area contributed by atoms with Gasteiger partial charge in [-0.25, -0.2) is 8.42 Å². The maximum atomic E-state index is 13.2. The maximum absolute atomic E-state index is 13.2. The Kier molecular flexibility index (Phi) is 5.67. The van der Waals surface area contributed by atoms with Crippen LogP contribution in [0.25, 0.3) is 0 Å². The first kappa shape index (κ1) is 19.6. The third-order valence-corrected chi connectivity index (χ3v) is 6.80. The summed E-state index contributed by atoms with van der Waals surface area (Å²) in [5, 5.41) is 2.54. The zero-order valence-electron chi connectivity index (χ0n) is 16.0. The molecule has 5 nitrogen and oxygen atoms in total. The van der Waals surface area contributed by atoms with E-state index in [1.165, 1.54) is 17.7 Å². The van der Waals surface area contributed by atoms with E-state index >= 15 is 0 Å². The molecule has 0 atom stereocenters. The predicted molar refractivity (Wildman–Crippen MR) is 106 cm³/mol. The Balaban J connectivity index is 1.84. The summed E-state index contributed by atoms with van der Waals surface area (Å²) in [6.45, 7) is 4.64. The summed E-state index contributed by atoms with van der Waals surface area (Å²) in [6, 6.07) is 14.3. The average molecular weight is 387 g/mol. The number of nitrogens with one attached hydrogen (secondary N) is 1. The van der Waals surface area contributed by atoms with Crippen LogP contribution in [0.15, 0.2) is 53.4 Å². The third kappa shape index (κ3) is 4.39. The lowest BCUT2D eigenvalue weighted by Gasteiger charge is -2.22. The van der Waals surface area contributed by atoms with Crippen molar-refractivity contribution in [3.05, 3.63) is 65.2 Å². The van der Waals surface area contributed by atoms with Gasteiger partial charge in [0.05, 0.1) is 4.90 Å². The fourth-order valence-electron chi connectivity index (χ4n) is 3.02. The molecule has 2 aromatic carbocycles. The highest BCUT2D eigenvalue weighted by molar-refractivity contribution is 7.89. The molecule has 144 valence electrons. The molecule has 0 unspecified atom stereocenters. The second kappa shape index (κ2) is 7.82. The largest absolute Gasteiger partial charge is 0.355 e. The van der Waals surface area contributed by atoms with E-state index in [1.54, 1.807) is 23.5 Å². The lowest BCUT2D eigenvalue weighted by atomic mass is 10.0. The molecular weight excluding hydrogens is 360 g/mol. The fourth-order valence-corrected chi connectivity index (χ4v) is 4.69. The average Bonchev–Trinajstić information content (AvgIpc) is 3.50. The first-order valence-corrected chi connectivity index (χ1v) is 10.7. The standard InChI is InChI=1S/C21H26N2O3S/c1-15(2)17-6-4-16(5-7-17)14-23(19-10-11-19)27(25,26)20-12-8-18(9-13-20)21(24)22-3/h4-9,12-13,15,19H,10-11,14H2,1-3H3,(H,22,24). The molecule has 0 bridgehead atoms. The zero-order chi connectivity index (χ0) is 19.6. The van der Waals surface area contributed by atoms with Crippen LogP contribution in [0.1, 0.15) is 54.1 Å². The van der Waals surface area contributed by atoms with Gasteiger partial charge in [0, 0.05) is 25.2 Å². The number of nitrogens with zero attached hydrogens (tertiary/aromatic N) is 1. The van der Waals surface area contributed by atoms with Gasteiger partial charge in [-0.1, -0.05) is 38.1 Å². The van der Waals surface area contributed by atoms with Gasteiger partial charge in [-0.3, -0.25) is 4.79 Å². The van der Waals surface area contributed by atoms with Crippen LogP contribution in [0.2, 0.25) is 0 Å². The molecule has 1 N–H and O–H groups in total. The maximum Gasteiger partial charge on any atom is 0.251 e. The van der Waals surface area contributed by atoms with Crippen LogP contribution >= 0.6 is 0 Å². The smallest absolute Gasteiger partial charge is 0.251 e. The third-order valence-electron chi connectivity index (χ3n) is 4.89. The number of hydrogen-bond donors (Lipinski definition) is 1. The topological polar surface area (TPSA) is 66.5 Å². The fraction of sp³-hybridized carbons (Fsp3) is 0.381. The highest BCUT2D eigenvalue weighted by Gasteiger charge is 2.38. The van der Waals surface area contributed by atoms with Crippen molar-refractivity contribution < 1.29 is 13.2 Å². The van der Waals surface area contributed by atoms with Gasteiger partial charge in [-0.15, -0.1) is 0 Å². The molecule has 0 aromatic heterocycles. The van der Waals surface area contributed by atoms with Crippen molar-refractivity contribution in [1.29, 1.82) is 0 Å². The lowest BCUT2D eigenvalue weighted by Crippen LogP contribution is -2.32. The van der Waals surface area contributed by atoms with Crippen molar-refractivity contribution in [2.24, 2.45) is 0 Å². The lowest BCUT2D eigenvalue weighted by molar-refractivity contribution is 0.0963. The van der Waals surface area contributed by atoms with Crippen molar-refractivity contribution >= 4 is 15.9 Å². The molecular formula is C21H26N2O3S. The van der Waals surface area contributed by atoms with E-state index < -0.39 is 10.0 Å². The van der Waals surface area contributed by atoms with Gasteiger partial charge in [0.1, 0.15) is 0 Å². The number of amides is 1. The Morgan fingerprint density at radius 1 is 1.07 bits per heavy atom. The molecule has 1 aliphatic rings. The van der Waals surface area contributed by atoms with E-state index in [-0.39, 0.29) is 16.8 Å². The van der Waals surface area contributed by atoms with E-state index in [9.17, 15) is 13.2 Å². The normalized spacial score (nSPS) is 14.6. The van der Waals surface area contributed by atoms with E-state index in [4.69, 9.17) is 0 Å². The molecule has 3 rings (SSSR count). The van der Waals surface area contributed by atoms with E-state index in [2.05, 4.69) is 31.3 Å². The molecule has 0 saturated heterocycles. The molecule has 6 heteroatoms. The van der Waals surface area contributed by atoms with Gasteiger partial charge in [0.25, 0.3) is 5.91 Å². The van der Waals surface area contributed by atoms with Gasteiger partial charge in [-0.05, 0) is 54.2 Å². The van der Waals surface area contributed by atoms with Crippen molar-refractivity contribution in [3.8, 4) is 0 Å². The Labute approximate surface area is 161 Å². The van der Waals surface area contributed by atoms with E-state index in [0.29, 0.717) is 18.0 Å². The molecule has 2 aromatic rings. The minimum absolute atomic E-state index is 0.0541. The molecule has 1 saturated carbocycles. The summed E-state index contributed by atoms with van der Waals surface area (Å²) in [7, 11) is -2.06. The minimum Gasteiger partial charge on any atom is -0.355 e. The van der Waals surface area contributed by atoms with Crippen molar-refractivity contribution in [2.45, 2.75) is 50.1 Å². The second-order valence-electron chi connectivity index (χ2n) is 7.28. The molecule has 1 fully saturated rings. The van der Waals surface area contributed by atoms with Crippen LogP contribution in [-0.4, -0.2) is 31.7 Å². The SMILES string of the molecule is CNC(=O)c1ccc(S(=O)(=O)N(Cc2ccc(C(C)C)cc2)C2CC2)cc1. The van der Waals surface area contributed by atoms with E-state index in [1.807, 2.05) is 12.1 Å². The first-order chi connectivity index (χ1) is 12.8. The van der Waals surface area contributed by atoms with Crippen LogP contribution in [0.4, 0.5) is 0 Å². The molecule has 0 heterocycles. The molecule has 1 amide bonds. The van der Waals surface area contributed by atoms with Gasteiger partial charge in [0.2, 0.25) is 10.0 Å². The van der Waals surface area contributed by atoms with Crippen LogP contribution < -0.4 is 5.32 Å². The van der Waals surface area contributed by atoms with Crippen LogP contribution in [0.3, 0.4) is 0 Å². The Hall–Kier alpha value is -2.18.